The molecule has 0 nitrogen and oxygen atoms in total. The molecule has 1 aromatic rings. The summed E-state index contributed by atoms with van der Waals surface area (Å²) >= 11 is 0. The van der Waals surface area contributed by atoms with Crippen LogP contribution in [-0.4, -0.2) is 0 Å². The van der Waals surface area contributed by atoms with Gasteiger partial charge in [-0.2, -0.15) is 0 Å². The molecule has 1 atom stereocenters. The summed E-state index contributed by atoms with van der Waals surface area (Å²) in [7, 11) is 0. The Morgan fingerprint density at radius 2 is 2.13 bits per heavy atom. The summed E-state index contributed by atoms with van der Waals surface area (Å²) in [6.45, 7) is 2.33. The van der Waals surface area contributed by atoms with Crippen molar-refractivity contribution in [2.24, 2.45) is 5.92 Å². The van der Waals surface area contributed by atoms with Crippen molar-refractivity contribution in [2.75, 3.05) is 0 Å². The Morgan fingerprint density at radius 1 is 1.27 bits per heavy atom. The first kappa shape index (κ1) is 9.21. The van der Waals surface area contributed by atoms with Gasteiger partial charge in [0.25, 0.3) is 0 Å². The molecule has 0 aromatic heterocycles. The van der Waals surface area contributed by atoms with Gasteiger partial charge in [-0.15, -0.1) is 0 Å². The highest BCUT2D eigenvalue weighted by Crippen LogP contribution is 2.43. The fourth-order valence-corrected chi connectivity index (χ4v) is 3.15. The highest BCUT2D eigenvalue weighted by atomic mass is 14.3. The molecule has 0 saturated heterocycles. The highest BCUT2D eigenvalue weighted by Gasteiger charge is 2.26. The fraction of sp³-hybridized carbons (Fsp3) is 0.467. The van der Waals surface area contributed by atoms with Gasteiger partial charge in [-0.1, -0.05) is 43.2 Å². The molecule has 2 aliphatic carbocycles. The Labute approximate surface area is 92.0 Å². The molecule has 0 bridgehead atoms. The summed E-state index contributed by atoms with van der Waals surface area (Å²) in [5.41, 5.74) is 6.56. The molecule has 0 fully saturated rings. The zero-order valence-electron chi connectivity index (χ0n) is 9.42. The predicted octanol–water partition coefficient (Wildman–Crippen LogP) is 4.21. The maximum absolute atomic E-state index is 2.33. The maximum atomic E-state index is 2.33. The molecule has 0 radical (unpaired) electrons. The zero-order chi connectivity index (χ0) is 10.3. The van der Waals surface area contributed by atoms with Crippen LogP contribution in [0.25, 0.3) is 5.57 Å². The number of benzene rings is 1. The Bertz CT molecular complexity index is 412. The van der Waals surface area contributed by atoms with Crippen LogP contribution in [0.2, 0.25) is 0 Å². The zero-order valence-corrected chi connectivity index (χ0v) is 9.42. The third-order valence-electron chi connectivity index (χ3n) is 4.09. The van der Waals surface area contributed by atoms with E-state index in [0.29, 0.717) is 0 Å². The fourth-order valence-electron chi connectivity index (χ4n) is 3.15. The van der Waals surface area contributed by atoms with Gasteiger partial charge < -0.3 is 0 Å². The molecular weight excluding hydrogens is 180 g/mol. The highest BCUT2D eigenvalue weighted by molar-refractivity contribution is 5.77. The molecule has 1 unspecified atom stereocenters. The van der Waals surface area contributed by atoms with Crippen molar-refractivity contribution in [3.8, 4) is 0 Å². The van der Waals surface area contributed by atoms with Gasteiger partial charge in [0.1, 0.15) is 0 Å². The normalized spacial score (nSPS) is 23.9. The summed E-state index contributed by atoms with van der Waals surface area (Å²) in [6, 6.07) is 8.97. The van der Waals surface area contributed by atoms with Gasteiger partial charge in [-0.3, -0.25) is 0 Å². The average molecular weight is 198 g/mol. The Kier molecular flexibility index (Phi) is 2.16. The van der Waals surface area contributed by atoms with Crippen molar-refractivity contribution < 1.29 is 0 Å². The summed E-state index contributed by atoms with van der Waals surface area (Å²) in [6.07, 6.45) is 6.68. The van der Waals surface area contributed by atoms with Crippen LogP contribution in [0.3, 0.4) is 0 Å². The lowest BCUT2D eigenvalue weighted by atomic mass is 9.83. The summed E-state index contributed by atoms with van der Waals surface area (Å²) < 4.78 is 0. The van der Waals surface area contributed by atoms with Crippen molar-refractivity contribution in [2.45, 2.75) is 39.0 Å². The largest absolute Gasteiger partial charge is 0.0651 e. The van der Waals surface area contributed by atoms with Gasteiger partial charge in [-0.05, 0) is 48.3 Å². The van der Waals surface area contributed by atoms with Crippen LogP contribution in [-0.2, 0) is 6.42 Å². The van der Waals surface area contributed by atoms with Gasteiger partial charge >= 0.3 is 0 Å². The van der Waals surface area contributed by atoms with Gasteiger partial charge in [0, 0.05) is 0 Å². The van der Waals surface area contributed by atoms with E-state index in [9.17, 15) is 0 Å². The van der Waals surface area contributed by atoms with Gasteiger partial charge in [0.15, 0.2) is 0 Å². The second kappa shape index (κ2) is 3.52. The molecule has 78 valence electrons. The summed E-state index contributed by atoms with van der Waals surface area (Å²) in [5, 5.41) is 0. The van der Waals surface area contributed by atoms with E-state index in [1.165, 1.54) is 32.1 Å². The number of fused-ring (bicyclic) bond motifs is 2. The van der Waals surface area contributed by atoms with Crippen LogP contribution in [0.4, 0.5) is 0 Å². The van der Waals surface area contributed by atoms with Crippen molar-refractivity contribution in [3.63, 3.8) is 0 Å². The predicted molar refractivity (Wildman–Crippen MR) is 64.7 cm³/mol. The number of hydrogen-bond acceptors (Lipinski definition) is 0. The number of hydrogen-bond donors (Lipinski definition) is 0. The molecule has 1 aromatic carbocycles. The van der Waals surface area contributed by atoms with E-state index < -0.39 is 0 Å². The standard InChI is InChI=1S/C15H18/c1-2-11-7-8-15-13(9-11)10-12-5-3-4-6-14(12)15/h3-6,11H,2,7-10H2,1H3. The quantitative estimate of drug-likeness (QED) is 0.634. The molecule has 0 N–H and O–H groups in total. The van der Waals surface area contributed by atoms with Crippen LogP contribution in [0, 0.1) is 5.92 Å². The summed E-state index contributed by atoms with van der Waals surface area (Å²) in [5.74, 6) is 0.957. The van der Waals surface area contributed by atoms with Crippen molar-refractivity contribution >= 4 is 5.57 Å². The van der Waals surface area contributed by atoms with Crippen LogP contribution in [0.5, 0.6) is 0 Å². The lowest BCUT2D eigenvalue weighted by Crippen LogP contribution is -2.07. The third kappa shape index (κ3) is 1.43. The molecule has 0 amide bonds. The number of rotatable bonds is 1. The molecule has 0 saturated carbocycles. The molecule has 0 heterocycles. The van der Waals surface area contributed by atoms with Crippen molar-refractivity contribution in [1.82, 2.24) is 0 Å². The van der Waals surface area contributed by atoms with Gasteiger partial charge in [-0.25, -0.2) is 0 Å². The SMILES string of the molecule is CCC1CCC2=C(Cc3ccccc32)C1. The third-order valence-corrected chi connectivity index (χ3v) is 4.09. The van der Waals surface area contributed by atoms with E-state index in [4.69, 9.17) is 0 Å². The second-order valence-corrected chi connectivity index (χ2v) is 4.93. The van der Waals surface area contributed by atoms with E-state index in [-0.39, 0.29) is 0 Å². The first-order valence-electron chi connectivity index (χ1n) is 6.17. The van der Waals surface area contributed by atoms with Crippen molar-refractivity contribution in [1.29, 1.82) is 0 Å². The molecule has 0 heteroatoms. The topological polar surface area (TPSA) is 0 Å². The van der Waals surface area contributed by atoms with Crippen LogP contribution >= 0.6 is 0 Å². The Balaban J connectivity index is 1.96. The van der Waals surface area contributed by atoms with Gasteiger partial charge in [0.2, 0.25) is 0 Å². The molecule has 0 aliphatic heterocycles. The van der Waals surface area contributed by atoms with Crippen molar-refractivity contribution in [3.05, 3.63) is 41.0 Å². The first-order chi connectivity index (χ1) is 7.38. The lowest BCUT2D eigenvalue weighted by molar-refractivity contribution is 0.456. The minimum Gasteiger partial charge on any atom is -0.0651 e. The molecule has 15 heavy (non-hydrogen) atoms. The average Bonchev–Trinajstić information content (AvgIpc) is 2.66. The van der Waals surface area contributed by atoms with Crippen LogP contribution in [0.15, 0.2) is 29.8 Å². The van der Waals surface area contributed by atoms with Crippen LogP contribution in [0.1, 0.15) is 43.7 Å². The van der Waals surface area contributed by atoms with Gasteiger partial charge in [0.05, 0.1) is 0 Å². The van der Waals surface area contributed by atoms with E-state index in [1.54, 1.807) is 22.3 Å². The number of allylic oxidation sites excluding steroid dienone is 2. The monoisotopic (exact) mass is 198 g/mol. The van der Waals surface area contributed by atoms with E-state index >= 15 is 0 Å². The minimum atomic E-state index is 0.957. The molecule has 2 aliphatic rings. The first-order valence-corrected chi connectivity index (χ1v) is 6.17. The maximum Gasteiger partial charge on any atom is -0.00549 e. The lowest BCUT2D eigenvalue weighted by Gasteiger charge is -2.22. The smallest absolute Gasteiger partial charge is 0.00549 e. The van der Waals surface area contributed by atoms with E-state index in [0.717, 1.165) is 5.92 Å². The van der Waals surface area contributed by atoms with E-state index in [2.05, 4.69) is 31.2 Å². The Hall–Kier alpha value is -1.04. The van der Waals surface area contributed by atoms with E-state index in [1.807, 2.05) is 0 Å². The Morgan fingerprint density at radius 3 is 3.00 bits per heavy atom. The summed E-state index contributed by atoms with van der Waals surface area (Å²) in [4.78, 5) is 0. The molecule has 3 rings (SSSR count). The second-order valence-electron chi connectivity index (χ2n) is 4.93. The molecular formula is C15H18. The van der Waals surface area contributed by atoms with Crippen LogP contribution < -0.4 is 0 Å². The molecule has 0 spiro atoms. The minimum absolute atomic E-state index is 0.957.